The minimum absolute atomic E-state index is 0.0181. The van der Waals surface area contributed by atoms with Crippen LogP contribution >= 0.6 is 0 Å². The smallest absolute Gasteiger partial charge is 0.228 e. The van der Waals surface area contributed by atoms with E-state index in [0.717, 1.165) is 55.7 Å². The fraction of sp³-hybridized carbons (Fsp3) is 0.636. The number of carbonyl (C=O) groups is 1. The van der Waals surface area contributed by atoms with E-state index in [4.69, 9.17) is 19.8 Å². The van der Waals surface area contributed by atoms with Crippen molar-refractivity contribution in [1.29, 1.82) is 0 Å². The highest BCUT2D eigenvalue weighted by Crippen LogP contribution is 2.35. The van der Waals surface area contributed by atoms with Crippen molar-refractivity contribution in [3.8, 4) is 0 Å². The Morgan fingerprint density at radius 1 is 1.16 bits per heavy atom. The van der Waals surface area contributed by atoms with Gasteiger partial charge in [0.05, 0.1) is 18.2 Å². The first kappa shape index (κ1) is 47.5. The molecule has 3 N–H and O–H groups in total. The van der Waals surface area contributed by atoms with E-state index in [1.54, 1.807) is 32.8 Å². The van der Waals surface area contributed by atoms with Gasteiger partial charge in [0.15, 0.2) is 0 Å². The number of aliphatic imine (C=N–C) groups is 2. The van der Waals surface area contributed by atoms with E-state index in [9.17, 15) is 4.79 Å². The highest BCUT2D eigenvalue weighted by Gasteiger charge is 2.36. The highest BCUT2D eigenvalue weighted by atomic mass is 16.5. The molecule has 1 atom stereocenters. The van der Waals surface area contributed by atoms with Gasteiger partial charge in [-0.2, -0.15) is 4.99 Å². The molecule has 4 heterocycles. The Hall–Kier alpha value is -3.64. The number of aliphatic hydroxyl groups is 1. The molecule has 0 aliphatic carbocycles. The first-order chi connectivity index (χ1) is 26.0. The molecule has 2 aromatic rings. The summed E-state index contributed by atoms with van der Waals surface area (Å²) in [6, 6.07) is 12.1. The molecular weight excluding hydrogens is 689 g/mol. The van der Waals surface area contributed by atoms with Gasteiger partial charge in [-0.05, 0) is 146 Å². The number of benzene rings is 1. The van der Waals surface area contributed by atoms with Gasteiger partial charge in [0.2, 0.25) is 12.4 Å². The van der Waals surface area contributed by atoms with Crippen molar-refractivity contribution in [3.05, 3.63) is 60.3 Å². The van der Waals surface area contributed by atoms with Crippen molar-refractivity contribution in [3.63, 3.8) is 0 Å². The lowest BCUT2D eigenvalue weighted by Crippen LogP contribution is -2.36. The number of guanidine groups is 1. The van der Waals surface area contributed by atoms with Gasteiger partial charge < -0.3 is 30.3 Å². The maximum atomic E-state index is 11.9. The molecule has 0 bridgehead atoms. The number of hydrogen-bond donors (Lipinski definition) is 3. The number of likely N-dealkylation sites (tertiary alicyclic amines) is 1. The molecule has 3 aliphatic heterocycles. The van der Waals surface area contributed by atoms with Crippen molar-refractivity contribution < 1.29 is 14.6 Å². The number of hydrogen-bond acceptors (Lipinski definition) is 7. The number of amides is 1. The summed E-state index contributed by atoms with van der Waals surface area (Å²) < 4.78 is 5.26. The third-order valence-electron chi connectivity index (χ3n) is 9.55. The third kappa shape index (κ3) is 16.9. The van der Waals surface area contributed by atoms with Crippen LogP contribution in [0.2, 0.25) is 0 Å². The second kappa shape index (κ2) is 23.4. The van der Waals surface area contributed by atoms with Crippen LogP contribution < -0.4 is 20.4 Å². The Labute approximate surface area is 333 Å². The number of nitrogens with zero attached hydrogens (tertiary/aromatic N) is 6. The quantitative estimate of drug-likeness (QED) is 0.133. The van der Waals surface area contributed by atoms with Crippen LogP contribution in [0.15, 0.2) is 59.2 Å². The minimum atomic E-state index is -0.500. The number of carbonyl (C=O) groups excluding carboxylic acids is 1. The zero-order chi connectivity index (χ0) is 41.2. The fourth-order valence-electron chi connectivity index (χ4n) is 6.75. The van der Waals surface area contributed by atoms with Crippen molar-refractivity contribution in [2.45, 2.75) is 119 Å². The van der Waals surface area contributed by atoms with Crippen LogP contribution in [-0.4, -0.2) is 98.3 Å². The Balaban J connectivity index is 0.000000632. The topological polar surface area (TPSA) is 118 Å². The summed E-state index contributed by atoms with van der Waals surface area (Å²) >= 11 is 0. The number of ether oxygens (including phenoxy) is 1. The molecule has 3 aliphatic rings. The molecule has 55 heavy (non-hydrogen) atoms. The average Bonchev–Trinajstić information content (AvgIpc) is 3.44. The second-order valence-corrected chi connectivity index (χ2v) is 16.6. The summed E-state index contributed by atoms with van der Waals surface area (Å²) in [6.45, 7) is 29.8. The van der Waals surface area contributed by atoms with Gasteiger partial charge in [0.25, 0.3) is 0 Å². The van der Waals surface area contributed by atoms with Gasteiger partial charge in [0.1, 0.15) is 17.5 Å². The molecule has 0 radical (unpaired) electrons. The molecule has 1 amide bonds. The lowest BCUT2D eigenvalue weighted by atomic mass is 9.87. The number of nitrogens with one attached hydrogen (secondary N) is 2. The van der Waals surface area contributed by atoms with Crippen molar-refractivity contribution in [1.82, 2.24) is 15.2 Å². The molecule has 11 heteroatoms. The lowest BCUT2D eigenvalue weighted by molar-refractivity contribution is -0.108. The van der Waals surface area contributed by atoms with E-state index in [0.29, 0.717) is 24.3 Å². The average molecular weight is 763 g/mol. The molecular formula is C44H74N8O3. The number of rotatable bonds is 9. The normalized spacial score (nSPS) is 19.2. The van der Waals surface area contributed by atoms with E-state index in [2.05, 4.69) is 84.9 Å². The number of amidine groups is 1. The van der Waals surface area contributed by atoms with Crippen LogP contribution in [-0.2, 0) is 9.53 Å². The zero-order valence-electron chi connectivity index (χ0n) is 36.3. The number of anilines is 3. The maximum Gasteiger partial charge on any atom is 0.228 e. The molecule has 5 rings (SSSR count). The molecule has 3 saturated heterocycles. The Bertz CT molecular complexity index is 1500. The summed E-state index contributed by atoms with van der Waals surface area (Å²) in [5.41, 5.74) is 3.13. The third-order valence-corrected chi connectivity index (χ3v) is 9.55. The number of pyridine rings is 1. The fourth-order valence-corrected chi connectivity index (χ4v) is 6.75. The van der Waals surface area contributed by atoms with Crippen molar-refractivity contribution in [2.24, 2.45) is 21.3 Å². The zero-order valence-corrected chi connectivity index (χ0v) is 36.3. The number of methoxy groups -OCH3 is 1. The van der Waals surface area contributed by atoms with Crippen LogP contribution in [0, 0.1) is 18.3 Å². The minimum Gasteiger partial charge on any atom is -0.391 e. The van der Waals surface area contributed by atoms with E-state index in [1.807, 2.05) is 39.0 Å². The first-order valence-corrected chi connectivity index (χ1v) is 20.3. The van der Waals surface area contributed by atoms with Crippen LogP contribution in [0.1, 0.15) is 111 Å². The summed E-state index contributed by atoms with van der Waals surface area (Å²) in [7, 11) is 3.82. The molecule has 1 unspecified atom stereocenters. The van der Waals surface area contributed by atoms with Crippen LogP contribution in [0.3, 0.4) is 0 Å². The standard InChI is InChI=1S/C32H45N7O2.C6H13N.C4H10O.C2H6/c1-8-33-31(34-26-12-13-27(23(2)18-26)25-14-16-37(6)17-15-25)36-30-19-32(4,5)21-38(30)28-10-9-11-29(35-28)39(22-40)24(3)20-41-7;1-6-2-4-7-5-3-6;1-4(2,3)5;1-2/h8-13,18,22,24-25H,1,14-17,19-21H2,2-7H3,(H,33,34);6-7H,2-5H2,1H3;5H,1-3H3;1-2H3/b36-30+;;;. The summed E-state index contributed by atoms with van der Waals surface area (Å²) in [4.78, 5) is 32.3. The van der Waals surface area contributed by atoms with E-state index < -0.39 is 5.60 Å². The molecule has 1 aromatic heterocycles. The maximum absolute atomic E-state index is 11.9. The summed E-state index contributed by atoms with van der Waals surface area (Å²) in [6.07, 6.45) is 8.20. The SMILES string of the molecule is C=CN=C(/N=C1\CC(C)(C)CN1c1cccc(N(C=O)C(C)COC)n1)Nc1ccc(C2CCN(C)CC2)c(C)c1.CC.CC(C)(C)O.CC1CCNCC1. The molecule has 0 spiro atoms. The molecule has 11 nitrogen and oxygen atoms in total. The van der Waals surface area contributed by atoms with Crippen LogP contribution in [0.4, 0.5) is 17.3 Å². The van der Waals surface area contributed by atoms with Gasteiger partial charge in [-0.1, -0.05) is 53.3 Å². The first-order valence-electron chi connectivity index (χ1n) is 20.3. The second-order valence-electron chi connectivity index (χ2n) is 16.6. The van der Waals surface area contributed by atoms with E-state index in [-0.39, 0.29) is 11.5 Å². The number of piperidine rings is 2. The Morgan fingerprint density at radius 2 is 1.80 bits per heavy atom. The number of aromatic nitrogens is 1. The van der Waals surface area contributed by atoms with Gasteiger partial charge in [-0.25, -0.2) is 9.98 Å². The van der Waals surface area contributed by atoms with Gasteiger partial charge in [-0.15, -0.1) is 0 Å². The predicted octanol–water partition coefficient (Wildman–Crippen LogP) is 8.25. The van der Waals surface area contributed by atoms with Crippen molar-refractivity contribution >= 4 is 35.5 Å². The highest BCUT2D eigenvalue weighted by molar-refractivity contribution is 6.09. The monoisotopic (exact) mass is 763 g/mol. The largest absolute Gasteiger partial charge is 0.391 e. The lowest BCUT2D eigenvalue weighted by Gasteiger charge is -2.30. The molecule has 308 valence electrons. The van der Waals surface area contributed by atoms with Crippen LogP contribution in [0.25, 0.3) is 0 Å². The van der Waals surface area contributed by atoms with Crippen LogP contribution in [0.5, 0.6) is 0 Å². The summed E-state index contributed by atoms with van der Waals surface area (Å²) in [5.74, 6) is 4.22. The van der Waals surface area contributed by atoms with E-state index >= 15 is 0 Å². The molecule has 0 saturated carbocycles. The number of aryl methyl sites for hydroxylation is 1. The molecule has 3 fully saturated rings. The van der Waals surface area contributed by atoms with Gasteiger partial charge in [-0.3, -0.25) is 9.69 Å². The van der Waals surface area contributed by atoms with Crippen molar-refractivity contribution in [2.75, 3.05) is 68.6 Å². The summed E-state index contributed by atoms with van der Waals surface area (Å²) in [5, 5.41) is 15.3. The molecule has 1 aromatic carbocycles. The van der Waals surface area contributed by atoms with Gasteiger partial charge in [0, 0.05) is 32.0 Å². The van der Waals surface area contributed by atoms with Gasteiger partial charge >= 0.3 is 0 Å². The van der Waals surface area contributed by atoms with E-state index in [1.165, 1.54) is 56.1 Å². The Kier molecular flexibility index (Phi) is 20.2. The Morgan fingerprint density at radius 3 is 2.33 bits per heavy atom. The predicted molar refractivity (Wildman–Crippen MR) is 234 cm³/mol.